The molecule has 0 saturated carbocycles. The molecule has 76 valence electrons. The molecule has 0 bridgehead atoms. The lowest BCUT2D eigenvalue weighted by atomic mass is 10.3. The minimum atomic E-state index is -0.929. The molecule has 0 heterocycles. The predicted octanol–water partition coefficient (Wildman–Crippen LogP) is -0.567. The normalized spacial score (nSPS) is 13.7. The molecule has 0 amide bonds. The minimum Gasteiger partial charge on any atom is -0.498 e. The van der Waals surface area contributed by atoms with Crippen LogP contribution in [0.25, 0.3) is 0 Å². The van der Waals surface area contributed by atoms with E-state index >= 15 is 0 Å². The summed E-state index contributed by atoms with van der Waals surface area (Å²) in [6, 6.07) is 0. The lowest BCUT2D eigenvalue weighted by Gasteiger charge is -2.06. The Bertz CT molecular complexity index is 187. The number of hydrogen-bond acceptors (Lipinski definition) is 5. The SMILES string of the molecule is COC(=O)C(C)=COCC(O)CO. The molecule has 5 heteroatoms. The molecule has 0 radical (unpaired) electrons. The first kappa shape index (κ1) is 11.9. The Morgan fingerprint density at radius 3 is 2.69 bits per heavy atom. The third-order valence-electron chi connectivity index (χ3n) is 1.27. The molecule has 0 aliphatic heterocycles. The maximum atomic E-state index is 10.8. The van der Waals surface area contributed by atoms with Crippen molar-refractivity contribution in [3.63, 3.8) is 0 Å². The number of aliphatic hydroxyl groups excluding tert-OH is 2. The Kier molecular flexibility index (Phi) is 5.92. The van der Waals surface area contributed by atoms with E-state index in [1.54, 1.807) is 0 Å². The van der Waals surface area contributed by atoms with Crippen LogP contribution in [0, 0.1) is 0 Å². The standard InChI is InChI=1S/C8H14O5/c1-6(8(11)12-2)4-13-5-7(10)3-9/h4,7,9-10H,3,5H2,1-2H3. The lowest BCUT2D eigenvalue weighted by molar-refractivity contribution is -0.136. The first-order valence-corrected chi connectivity index (χ1v) is 3.77. The van der Waals surface area contributed by atoms with Gasteiger partial charge in [0.1, 0.15) is 12.7 Å². The van der Waals surface area contributed by atoms with E-state index in [0.717, 1.165) is 0 Å². The molecule has 2 N–H and O–H groups in total. The third kappa shape index (κ3) is 5.21. The number of carbonyl (C=O) groups excluding carboxylic acids is 1. The van der Waals surface area contributed by atoms with Gasteiger partial charge in [-0.05, 0) is 6.92 Å². The number of rotatable bonds is 5. The largest absolute Gasteiger partial charge is 0.498 e. The number of ether oxygens (including phenoxy) is 2. The summed E-state index contributed by atoms with van der Waals surface area (Å²) in [4.78, 5) is 10.8. The Morgan fingerprint density at radius 1 is 1.62 bits per heavy atom. The van der Waals surface area contributed by atoms with E-state index in [9.17, 15) is 4.79 Å². The summed E-state index contributed by atoms with van der Waals surface area (Å²) in [5.74, 6) is -0.488. The molecule has 0 saturated heterocycles. The molecule has 0 fully saturated rings. The van der Waals surface area contributed by atoms with Gasteiger partial charge in [0, 0.05) is 0 Å². The second kappa shape index (κ2) is 6.45. The van der Waals surface area contributed by atoms with Crippen molar-refractivity contribution in [2.24, 2.45) is 0 Å². The van der Waals surface area contributed by atoms with Crippen molar-refractivity contribution in [1.82, 2.24) is 0 Å². The van der Waals surface area contributed by atoms with E-state index in [2.05, 4.69) is 4.74 Å². The van der Waals surface area contributed by atoms with Crippen molar-refractivity contribution in [2.45, 2.75) is 13.0 Å². The molecule has 5 nitrogen and oxygen atoms in total. The van der Waals surface area contributed by atoms with E-state index in [1.165, 1.54) is 20.3 Å². The smallest absolute Gasteiger partial charge is 0.336 e. The number of hydrogen-bond donors (Lipinski definition) is 2. The number of aliphatic hydroxyl groups is 2. The fraction of sp³-hybridized carbons (Fsp3) is 0.625. The summed E-state index contributed by atoms with van der Waals surface area (Å²) in [7, 11) is 1.27. The molecule has 0 aliphatic carbocycles. The van der Waals surface area contributed by atoms with Gasteiger partial charge in [0.05, 0.1) is 25.6 Å². The Labute approximate surface area is 76.6 Å². The average Bonchev–Trinajstić information content (AvgIpc) is 2.15. The topological polar surface area (TPSA) is 76.0 Å². The summed E-state index contributed by atoms with van der Waals surface area (Å²) in [5, 5.41) is 17.3. The minimum absolute atomic E-state index is 0.0508. The van der Waals surface area contributed by atoms with Gasteiger partial charge in [-0.1, -0.05) is 0 Å². The second-order valence-corrected chi connectivity index (χ2v) is 2.46. The highest BCUT2D eigenvalue weighted by Crippen LogP contribution is 1.96. The van der Waals surface area contributed by atoms with Gasteiger partial charge in [-0.25, -0.2) is 4.79 Å². The quantitative estimate of drug-likeness (QED) is 0.345. The van der Waals surface area contributed by atoms with Crippen LogP contribution < -0.4 is 0 Å². The molecule has 0 aromatic rings. The molecule has 1 atom stereocenters. The maximum absolute atomic E-state index is 10.8. The fourth-order valence-corrected chi connectivity index (χ4v) is 0.546. The van der Waals surface area contributed by atoms with Gasteiger partial charge in [0.15, 0.2) is 0 Å². The van der Waals surface area contributed by atoms with Crippen molar-refractivity contribution < 1.29 is 24.5 Å². The zero-order valence-electron chi connectivity index (χ0n) is 7.69. The first-order chi connectivity index (χ1) is 6.11. The molecule has 0 aromatic carbocycles. The number of carbonyl (C=O) groups is 1. The Hall–Kier alpha value is -1.07. The van der Waals surface area contributed by atoms with E-state index in [0.29, 0.717) is 5.57 Å². The summed E-state index contributed by atoms with van der Waals surface area (Å²) in [6.45, 7) is 1.10. The van der Waals surface area contributed by atoms with Crippen LogP contribution in [0.15, 0.2) is 11.8 Å². The number of esters is 1. The maximum Gasteiger partial charge on any atom is 0.336 e. The molecule has 0 aliphatic rings. The van der Waals surface area contributed by atoms with E-state index in [-0.39, 0.29) is 13.2 Å². The second-order valence-electron chi connectivity index (χ2n) is 2.46. The van der Waals surface area contributed by atoms with E-state index in [4.69, 9.17) is 14.9 Å². The third-order valence-corrected chi connectivity index (χ3v) is 1.27. The van der Waals surface area contributed by atoms with Crippen molar-refractivity contribution >= 4 is 5.97 Å². The summed E-state index contributed by atoms with van der Waals surface area (Å²) >= 11 is 0. The lowest BCUT2D eigenvalue weighted by Crippen LogP contribution is -2.18. The van der Waals surface area contributed by atoms with Gasteiger partial charge in [-0.3, -0.25) is 0 Å². The van der Waals surface area contributed by atoms with Gasteiger partial charge in [0.2, 0.25) is 0 Å². The zero-order valence-corrected chi connectivity index (χ0v) is 7.69. The van der Waals surface area contributed by atoms with Gasteiger partial charge < -0.3 is 19.7 Å². The highest BCUT2D eigenvalue weighted by atomic mass is 16.5. The van der Waals surface area contributed by atoms with Crippen LogP contribution in [0.4, 0.5) is 0 Å². The van der Waals surface area contributed by atoms with Crippen LogP contribution in [-0.2, 0) is 14.3 Å². The molecule has 0 rings (SSSR count). The highest BCUT2D eigenvalue weighted by molar-refractivity contribution is 5.87. The van der Waals surface area contributed by atoms with Crippen molar-refractivity contribution in [1.29, 1.82) is 0 Å². The van der Waals surface area contributed by atoms with Crippen LogP contribution in [0.1, 0.15) is 6.92 Å². The van der Waals surface area contributed by atoms with E-state index in [1.807, 2.05) is 0 Å². The fourth-order valence-electron chi connectivity index (χ4n) is 0.546. The van der Waals surface area contributed by atoms with Crippen molar-refractivity contribution in [3.8, 4) is 0 Å². The molecule has 13 heavy (non-hydrogen) atoms. The summed E-state index contributed by atoms with van der Waals surface area (Å²) in [5.41, 5.74) is 0.299. The van der Waals surface area contributed by atoms with Gasteiger partial charge in [-0.15, -0.1) is 0 Å². The van der Waals surface area contributed by atoms with Crippen LogP contribution >= 0.6 is 0 Å². The van der Waals surface area contributed by atoms with Crippen LogP contribution in [0.5, 0.6) is 0 Å². The van der Waals surface area contributed by atoms with E-state index < -0.39 is 12.1 Å². The summed E-state index contributed by atoms with van der Waals surface area (Å²) < 4.78 is 9.19. The highest BCUT2D eigenvalue weighted by Gasteiger charge is 2.04. The average molecular weight is 190 g/mol. The molecular formula is C8H14O5. The van der Waals surface area contributed by atoms with Crippen molar-refractivity contribution in [2.75, 3.05) is 20.3 Å². The molecular weight excluding hydrogens is 176 g/mol. The first-order valence-electron chi connectivity index (χ1n) is 3.77. The predicted molar refractivity (Wildman–Crippen MR) is 44.8 cm³/mol. The Balaban J connectivity index is 3.77. The van der Waals surface area contributed by atoms with Crippen LogP contribution in [0.3, 0.4) is 0 Å². The molecule has 0 spiro atoms. The Morgan fingerprint density at radius 2 is 2.23 bits per heavy atom. The molecule has 0 aromatic heterocycles. The van der Waals surface area contributed by atoms with Gasteiger partial charge >= 0.3 is 5.97 Å². The monoisotopic (exact) mass is 190 g/mol. The van der Waals surface area contributed by atoms with Crippen LogP contribution in [0.2, 0.25) is 0 Å². The molecule has 1 unspecified atom stereocenters. The summed E-state index contributed by atoms with van der Waals surface area (Å²) in [6.07, 6.45) is 0.256. The van der Waals surface area contributed by atoms with Gasteiger partial charge in [0.25, 0.3) is 0 Å². The number of methoxy groups -OCH3 is 1. The van der Waals surface area contributed by atoms with Crippen molar-refractivity contribution in [3.05, 3.63) is 11.8 Å². The van der Waals surface area contributed by atoms with Gasteiger partial charge in [-0.2, -0.15) is 0 Å². The van der Waals surface area contributed by atoms with Crippen LogP contribution in [-0.4, -0.2) is 42.6 Å². The zero-order chi connectivity index (χ0) is 10.3.